The fourth-order valence-corrected chi connectivity index (χ4v) is 5.06. The van der Waals surface area contributed by atoms with Gasteiger partial charge in [-0.1, -0.05) is 41.7 Å². The lowest BCUT2D eigenvalue weighted by atomic mass is 10.1. The summed E-state index contributed by atoms with van der Waals surface area (Å²) in [6.07, 6.45) is 5.64. The number of hydrogen-bond donors (Lipinski definition) is 1. The Balaban J connectivity index is 1.31. The molecule has 0 radical (unpaired) electrons. The molecule has 4 heterocycles. The molecule has 31 heavy (non-hydrogen) atoms. The van der Waals surface area contributed by atoms with Crippen LogP contribution in [0.1, 0.15) is 10.6 Å². The SMILES string of the molecule is O=C(Cc1cn2ccsc2n1)N/N=C/c1sc(N2CCOCC2)nc1-c1ccccc1. The Morgan fingerprint density at radius 1 is 1.23 bits per heavy atom. The van der Waals surface area contributed by atoms with Crippen LogP contribution in [-0.4, -0.2) is 52.8 Å². The Labute approximate surface area is 186 Å². The number of carbonyl (C=O) groups excluding carboxylic acids is 1. The zero-order valence-electron chi connectivity index (χ0n) is 16.6. The van der Waals surface area contributed by atoms with E-state index in [4.69, 9.17) is 9.72 Å². The second kappa shape index (κ2) is 8.96. The predicted molar refractivity (Wildman–Crippen MR) is 123 cm³/mol. The number of ether oxygens (including phenoxy) is 1. The molecule has 1 amide bonds. The van der Waals surface area contributed by atoms with E-state index in [9.17, 15) is 4.79 Å². The fourth-order valence-electron chi connectivity index (χ4n) is 3.33. The van der Waals surface area contributed by atoms with Crippen molar-refractivity contribution in [1.82, 2.24) is 19.8 Å². The monoisotopic (exact) mass is 452 g/mol. The van der Waals surface area contributed by atoms with Gasteiger partial charge in [0, 0.05) is 36.4 Å². The first-order valence-electron chi connectivity index (χ1n) is 9.88. The van der Waals surface area contributed by atoms with Crippen LogP contribution in [0.3, 0.4) is 0 Å². The van der Waals surface area contributed by atoms with E-state index >= 15 is 0 Å². The minimum atomic E-state index is -0.207. The zero-order chi connectivity index (χ0) is 21.0. The van der Waals surface area contributed by atoms with Crippen LogP contribution >= 0.6 is 22.7 Å². The number of morpholine rings is 1. The highest BCUT2D eigenvalue weighted by Gasteiger charge is 2.19. The first kappa shape index (κ1) is 19.9. The molecule has 0 unspecified atom stereocenters. The minimum Gasteiger partial charge on any atom is -0.378 e. The highest BCUT2D eigenvalue weighted by molar-refractivity contribution is 7.17. The van der Waals surface area contributed by atoms with Gasteiger partial charge in [-0.05, 0) is 0 Å². The molecule has 1 aromatic carbocycles. The number of amides is 1. The molecule has 1 fully saturated rings. The van der Waals surface area contributed by atoms with Gasteiger partial charge in [0.1, 0.15) is 0 Å². The van der Waals surface area contributed by atoms with Crippen molar-refractivity contribution >= 4 is 44.9 Å². The maximum Gasteiger partial charge on any atom is 0.246 e. The zero-order valence-corrected chi connectivity index (χ0v) is 18.2. The quantitative estimate of drug-likeness (QED) is 0.359. The van der Waals surface area contributed by atoms with Crippen molar-refractivity contribution in [1.29, 1.82) is 0 Å². The summed E-state index contributed by atoms with van der Waals surface area (Å²) in [6.45, 7) is 3.03. The van der Waals surface area contributed by atoms with Gasteiger partial charge in [-0.2, -0.15) is 5.10 Å². The molecule has 0 atom stereocenters. The number of thiazole rings is 2. The number of rotatable bonds is 6. The molecule has 0 bridgehead atoms. The minimum absolute atomic E-state index is 0.180. The van der Waals surface area contributed by atoms with Gasteiger partial charge in [0.2, 0.25) is 5.91 Å². The molecule has 1 aliphatic rings. The fraction of sp³-hybridized carbons (Fsp3) is 0.238. The number of hydrogen-bond acceptors (Lipinski definition) is 8. The van der Waals surface area contributed by atoms with Crippen LogP contribution in [0.25, 0.3) is 16.2 Å². The van der Waals surface area contributed by atoms with Crippen LogP contribution in [0.4, 0.5) is 5.13 Å². The molecule has 1 saturated heterocycles. The molecular formula is C21H20N6O2S2. The largest absolute Gasteiger partial charge is 0.378 e. The lowest BCUT2D eigenvalue weighted by Crippen LogP contribution is -2.36. The summed E-state index contributed by atoms with van der Waals surface area (Å²) in [5.41, 5.74) is 5.21. The van der Waals surface area contributed by atoms with Crippen molar-refractivity contribution in [2.45, 2.75) is 6.42 Å². The van der Waals surface area contributed by atoms with Crippen LogP contribution in [0.5, 0.6) is 0 Å². The number of carbonyl (C=O) groups is 1. The highest BCUT2D eigenvalue weighted by atomic mass is 32.1. The number of hydrazone groups is 1. The van der Waals surface area contributed by atoms with Gasteiger partial charge in [-0.3, -0.25) is 9.20 Å². The molecule has 1 aliphatic heterocycles. The van der Waals surface area contributed by atoms with Crippen molar-refractivity contribution < 1.29 is 9.53 Å². The average molecular weight is 453 g/mol. The summed E-state index contributed by atoms with van der Waals surface area (Å²) < 4.78 is 7.36. The third kappa shape index (κ3) is 4.50. The second-order valence-electron chi connectivity index (χ2n) is 6.97. The number of fused-ring (bicyclic) bond motifs is 1. The number of anilines is 1. The molecule has 8 nitrogen and oxygen atoms in total. The van der Waals surface area contributed by atoms with Crippen LogP contribution in [0, 0.1) is 0 Å². The summed E-state index contributed by atoms with van der Waals surface area (Å²) >= 11 is 3.10. The lowest BCUT2D eigenvalue weighted by molar-refractivity contribution is -0.120. The average Bonchev–Trinajstić information content (AvgIpc) is 3.50. The molecule has 0 aliphatic carbocycles. The third-order valence-corrected chi connectivity index (χ3v) is 6.65. The van der Waals surface area contributed by atoms with Crippen LogP contribution in [-0.2, 0) is 16.0 Å². The predicted octanol–water partition coefficient (Wildman–Crippen LogP) is 3.05. The highest BCUT2D eigenvalue weighted by Crippen LogP contribution is 2.32. The topological polar surface area (TPSA) is 84.1 Å². The third-order valence-electron chi connectivity index (χ3n) is 4.83. The van der Waals surface area contributed by atoms with Gasteiger partial charge in [-0.15, -0.1) is 11.3 Å². The molecule has 5 rings (SSSR count). The van der Waals surface area contributed by atoms with Crippen LogP contribution < -0.4 is 10.3 Å². The molecule has 0 saturated carbocycles. The van der Waals surface area contributed by atoms with Gasteiger partial charge in [0.15, 0.2) is 10.1 Å². The number of nitrogens with zero attached hydrogens (tertiary/aromatic N) is 5. The lowest BCUT2D eigenvalue weighted by Gasteiger charge is -2.26. The summed E-state index contributed by atoms with van der Waals surface area (Å²) in [5.74, 6) is -0.207. The molecule has 1 N–H and O–H groups in total. The summed E-state index contributed by atoms with van der Waals surface area (Å²) in [5, 5.41) is 7.09. The molecular weight excluding hydrogens is 432 g/mol. The molecule has 10 heteroatoms. The van der Waals surface area contributed by atoms with Gasteiger partial charge in [0.25, 0.3) is 0 Å². The van der Waals surface area contributed by atoms with E-state index in [-0.39, 0.29) is 12.3 Å². The van der Waals surface area contributed by atoms with Crippen molar-refractivity contribution in [3.8, 4) is 11.3 Å². The molecule has 4 aromatic rings. The Morgan fingerprint density at radius 3 is 2.87 bits per heavy atom. The van der Waals surface area contributed by atoms with Gasteiger partial charge in [0.05, 0.1) is 42.1 Å². The molecule has 3 aromatic heterocycles. The van der Waals surface area contributed by atoms with E-state index in [1.807, 2.05) is 52.5 Å². The first-order chi connectivity index (χ1) is 15.3. The van der Waals surface area contributed by atoms with Gasteiger partial charge >= 0.3 is 0 Å². The first-order valence-corrected chi connectivity index (χ1v) is 11.6. The van der Waals surface area contributed by atoms with Gasteiger partial charge in [-0.25, -0.2) is 15.4 Å². The smallest absolute Gasteiger partial charge is 0.246 e. The number of nitrogens with one attached hydrogen (secondary N) is 1. The summed E-state index contributed by atoms with van der Waals surface area (Å²) in [6, 6.07) is 10.0. The molecule has 158 valence electrons. The summed E-state index contributed by atoms with van der Waals surface area (Å²) in [7, 11) is 0. The Bertz CT molecular complexity index is 1180. The van der Waals surface area contributed by atoms with Crippen molar-refractivity contribution in [2.24, 2.45) is 5.10 Å². The Morgan fingerprint density at radius 2 is 2.06 bits per heavy atom. The normalized spacial score (nSPS) is 14.5. The standard InChI is InChI=1S/C21H20N6O2S2/c28-18(12-16-14-27-8-11-30-20(27)23-16)25-22-13-17-19(15-4-2-1-3-5-15)24-21(31-17)26-6-9-29-10-7-26/h1-5,8,11,13-14H,6-7,9-10,12H2,(H,25,28)/b22-13+. The second-order valence-corrected chi connectivity index (χ2v) is 8.85. The summed E-state index contributed by atoms with van der Waals surface area (Å²) in [4.78, 5) is 25.6. The Hall–Kier alpha value is -3.08. The molecule has 0 spiro atoms. The van der Waals surface area contributed by atoms with E-state index in [1.54, 1.807) is 17.6 Å². The van der Waals surface area contributed by atoms with E-state index in [0.29, 0.717) is 13.2 Å². The van der Waals surface area contributed by atoms with E-state index < -0.39 is 0 Å². The maximum absolute atomic E-state index is 12.3. The number of imidazole rings is 1. The van der Waals surface area contributed by atoms with Crippen molar-refractivity contribution in [3.05, 3.63) is 58.7 Å². The number of aromatic nitrogens is 3. The van der Waals surface area contributed by atoms with Crippen LogP contribution in [0.2, 0.25) is 0 Å². The van der Waals surface area contributed by atoms with Crippen molar-refractivity contribution in [3.63, 3.8) is 0 Å². The van der Waals surface area contributed by atoms with E-state index in [0.717, 1.165) is 45.0 Å². The van der Waals surface area contributed by atoms with E-state index in [2.05, 4.69) is 20.4 Å². The Kier molecular flexibility index (Phi) is 5.74. The van der Waals surface area contributed by atoms with Gasteiger partial charge < -0.3 is 9.64 Å². The van der Waals surface area contributed by atoms with Crippen LogP contribution in [0.15, 0.2) is 53.2 Å². The van der Waals surface area contributed by atoms with Crippen molar-refractivity contribution in [2.75, 3.05) is 31.2 Å². The van der Waals surface area contributed by atoms with E-state index in [1.165, 1.54) is 11.3 Å². The maximum atomic E-state index is 12.3. The number of benzene rings is 1.